The van der Waals surface area contributed by atoms with Crippen LogP contribution < -0.4 is 4.90 Å². The van der Waals surface area contributed by atoms with Gasteiger partial charge in [-0.15, -0.1) is 0 Å². The lowest BCUT2D eigenvalue weighted by Gasteiger charge is -2.28. The van der Waals surface area contributed by atoms with Gasteiger partial charge in [-0.25, -0.2) is 4.63 Å². The first-order chi connectivity index (χ1) is 8.77. The summed E-state index contributed by atoms with van der Waals surface area (Å²) in [5.74, 6) is 0. The Kier molecular flexibility index (Phi) is 2.58. The van der Waals surface area contributed by atoms with Gasteiger partial charge in [0.05, 0.1) is 4.92 Å². The third-order valence-electron chi connectivity index (χ3n) is 3.25. The zero-order chi connectivity index (χ0) is 12.5. The van der Waals surface area contributed by atoms with Gasteiger partial charge in [-0.3, -0.25) is 10.1 Å². The standard InChI is InChI=1S/C11H12N4O3/c16-15(17)9-5-4-8-10(13-18-12-8)11(9)14-6-2-1-3-7-14/h4-5H,1-3,6-7H2. The number of piperidine rings is 1. The van der Waals surface area contributed by atoms with Crippen LogP contribution in [0.1, 0.15) is 19.3 Å². The molecule has 0 N–H and O–H groups in total. The van der Waals surface area contributed by atoms with Crippen LogP contribution in [0, 0.1) is 10.1 Å². The topological polar surface area (TPSA) is 85.3 Å². The molecule has 0 bridgehead atoms. The monoisotopic (exact) mass is 248 g/mol. The van der Waals surface area contributed by atoms with Crippen molar-refractivity contribution in [3.8, 4) is 0 Å². The minimum absolute atomic E-state index is 0.0695. The van der Waals surface area contributed by atoms with Crippen molar-refractivity contribution in [2.75, 3.05) is 18.0 Å². The summed E-state index contributed by atoms with van der Waals surface area (Å²) in [4.78, 5) is 12.8. The molecule has 1 saturated heterocycles. The number of aromatic nitrogens is 2. The normalized spacial score (nSPS) is 16.1. The van der Waals surface area contributed by atoms with E-state index in [9.17, 15) is 10.1 Å². The third kappa shape index (κ3) is 1.68. The highest BCUT2D eigenvalue weighted by Gasteiger charge is 2.26. The predicted molar refractivity (Wildman–Crippen MR) is 64.5 cm³/mol. The lowest BCUT2D eigenvalue weighted by Crippen LogP contribution is -2.30. The molecule has 0 aliphatic carbocycles. The van der Waals surface area contributed by atoms with Crippen LogP contribution in [-0.4, -0.2) is 28.3 Å². The van der Waals surface area contributed by atoms with Crippen molar-refractivity contribution in [1.82, 2.24) is 10.3 Å². The molecule has 0 unspecified atom stereocenters. The number of rotatable bonds is 2. The molecule has 1 aromatic carbocycles. The van der Waals surface area contributed by atoms with E-state index in [4.69, 9.17) is 0 Å². The van der Waals surface area contributed by atoms with E-state index in [1.165, 1.54) is 6.07 Å². The van der Waals surface area contributed by atoms with E-state index >= 15 is 0 Å². The lowest BCUT2D eigenvalue weighted by atomic mass is 10.1. The van der Waals surface area contributed by atoms with Gasteiger partial charge in [0.2, 0.25) is 0 Å². The largest absolute Gasteiger partial charge is 0.364 e. The first-order valence-corrected chi connectivity index (χ1v) is 5.92. The molecular weight excluding hydrogens is 236 g/mol. The molecule has 0 spiro atoms. The van der Waals surface area contributed by atoms with Crippen molar-refractivity contribution < 1.29 is 9.55 Å². The van der Waals surface area contributed by atoms with Gasteiger partial charge < -0.3 is 4.90 Å². The average molecular weight is 248 g/mol. The fraction of sp³-hybridized carbons (Fsp3) is 0.455. The first-order valence-electron chi connectivity index (χ1n) is 5.92. The van der Waals surface area contributed by atoms with Gasteiger partial charge in [0.1, 0.15) is 11.2 Å². The SMILES string of the molecule is O=[N+]([O-])c1ccc2nonc2c1N1CCCCC1. The number of nitro groups is 1. The summed E-state index contributed by atoms with van der Waals surface area (Å²) in [6.07, 6.45) is 3.25. The quantitative estimate of drug-likeness (QED) is 0.597. The number of hydrogen-bond donors (Lipinski definition) is 0. The second kappa shape index (κ2) is 4.25. The van der Waals surface area contributed by atoms with Crippen LogP contribution >= 0.6 is 0 Å². The molecular formula is C11H12N4O3. The lowest BCUT2D eigenvalue weighted by molar-refractivity contribution is -0.384. The maximum Gasteiger partial charge on any atom is 0.295 e. The van der Waals surface area contributed by atoms with Gasteiger partial charge >= 0.3 is 0 Å². The van der Waals surface area contributed by atoms with Crippen molar-refractivity contribution in [3.05, 3.63) is 22.2 Å². The molecule has 0 atom stereocenters. The van der Waals surface area contributed by atoms with Crippen LogP contribution in [0.15, 0.2) is 16.8 Å². The summed E-state index contributed by atoms with van der Waals surface area (Å²) in [5, 5.41) is 18.7. The summed E-state index contributed by atoms with van der Waals surface area (Å²) in [6.45, 7) is 1.62. The molecule has 1 aliphatic heterocycles. The molecule has 1 aromatic heterocycles. The fourth-order valence-electron chi connectivity index (χ4n) is 2.40. The van der Waals surface area contributed by atoms with Gasteiger partial charge in [0.15, 0.2) is 5.52 Å². The average Bonchev–Trinajstić information content (AvgIpc) is 2.86. The number of hydrogen-bond acceptors (Lipinski definition) is 6. The Hall–Kier alpha value is -2.18. The minimum Gasteiger partial charge on any atom is -0.364 e. The second-order valence-corrected chi connectivity index (χ2v) is 4.37. The van der Waals surface area contributed by atoms with Crippen LogP contribution in [0.2, 0.25) is 0 Å². The molecule has 3 rings (SSSR count). The van der Waals surface area contributed by atoms with E-state index in [2.05, 4.69) is 14.9 Å². The maximum atomic E-state index is 11.1. The third-order valence-corrected chi connectivity index (χ3v) is 3.25. The Morgan fingerprint density at radius 3 is 2.72 bits per heavy atom. The molecule has 2 aromatic rings. The Bertz CT molecular complexity index is 589. The summed E-state index contributed by atoms with van der Waals surface area (Å²) >= 11 is 0. The minimum atomic E-state index is -0.377. The summed E-state index contributed by atoms with van der Waals surface area (Å²) in [7, 11) is 0. The number of nitrogens with zero attached hydrogens (tertiary/aromatic N) is 4. The van der Waals surface area contributed by atoms with E-state index < -0.39 is 0 Å². The molecule has 0 saturated carbocycles. The van der Waals surface area contributed by atoms with Crippen LogP contribution in [-0.2, 0) is 0 Å². The van der Waals surface area contributed by atoms with E-state index in [1.807, 2.05) is 4.90 Å². The van der Waals surface area contributed by atoms with Crippen LogP contribution in [0.5, 0.6) is 0 Å². The van der Waals surface area contributed by atoms with Gasteiger partial charge in [-0.05, 0) is 35.6 Å². The van der Waals surface area contributed by atoms with Crippen molar-refractivity contribution in [2.24, 2.45) is 0 Å². The maximum absolute atomic E-state index is 11.1. The Labute approximate surface area is 102 Å². The highest BCUT2D eigenvalue weighted by molar-refractivity contribution is 5.93. The van der Waals surface area contributed by atoms with Gasteiger partial charge in [-0.2, -0.15) is 0 Å². The zero-order valence-corrected chi connectivity index (χ0v) is 9.70. The molecule has 94 valence electrons. The molecule has 1 fully saturated rings. The summed E-state index contributed by atoms with van der Waals surface area (Å²) < 4.78 is 4.68. The molecule has 1 aliphatic rings. The Morgan fingerprint density at radius 1 is 1.22 bits per heavy atom. The Balaban J connectivity index is 2.18. The Morgan fingerprint density at radius 2 is 2.00 bits per heavy atom. The predicted octanol–water partition coefficient (Wildman–Crippen LogP) is 2.12. The van der Waals surface area contributed by atoms with Crippen LogP contribution in [0.3, 0.4) is 0 Å². The van der Waals surface area contributed by atoms with Crippen molar-refractivity contribution >= 4 is 22.4 Å². The fourth-order valence-corrected chi connectivity index (χ4v) is 2.40. The molecule has 18 heavy (non-hydrogen) atoms. The molecule has 0 amide bonds. The second-order valence-electron chi connectivity index (χ2n) is 4.37. The van der Waals surface area contributed by atoms with Crippen molar-refractivity contribution in [2.45, 2.75) is 19.3 Å². The van der Waals surface area contributed by atoms with Gasteiger partial charge in [-0.1, -0.05) is 0 Å². The van der Waals surface area contributed by atoms with Crippen LogP contribution in [0.4, 0.5) is 11.4 Å². The highest BCUT2D eigenvalue weighted by Crippen LogP contribution is 2.35. The molecule has 7 nitrogen and oxygen atoms in total. The van der Waals surface area contributed by atoms with Gasteiger partial charge in [0.25, 0.3) is 5.69 Å². The van der Waals surface area contributed by atoms with Crippen LogP contribution in [0.25, 0.3) is 11.0 Å². The summed E-state index contributed by atoms with van der Waals surface area (Å²) in [6, 6.07) is 3.04. The van der Waals surface area contributed by atoms with E-state index in [0.717, 1.165) is 32.4 Å². The van der Waals surface area contributed by atoms with E-state index in [1.54, 1.807) is 6.07 Å². The number of fused-ring (bicyclic) bond motifs is 1. The number of anilines is 1. The highest BCUT2D eigenvalue weighted by atomic mass is 16.6. The molecule has 0 radical (unpaired) electrons. The van der Waals surface area contributed by atoms with Crippen molar-refractivity contribution in [1.29, 1.82) is 0 Å². The van der Waals surface area contributed by atoms with Gasteiger partial charge in [0, 0.05) is 19.2 Å². The molecule has 2 heterocycles. The first kappa shape index (κ1) is 10.9. The molecule has 7 heteroatoms. The van der Waals surface area contributed by atoms with Crippen molar-refractivity contribution in [3.63, 3.8) is 0 Å². The van der Waals surface area contributed by atoms with E-state index in [0.29, 0.717) is 16.7 Å². The van der Waals surface area contributed by atoms with E-state index in [-0.39, 0.29) is 10.6 Å². The summed E-state index contributed by atoms with van der Waals surface area (Å²) in [5.41, 5.74) is 1.64. The zero-order valence-electron chi connectivity index (χ0n) is 9.70. The number of benzene rings is 1. The smallest absolute Gasteiger partial charge is 0.295 e. The number of nitro benzene ring substituents is 1.